The van der Waals surface area contributed by atoms with Gasteiger partial charge in [-0.25, -0.2) is 0 Å². The molecule has 1 saturated heterocycles. The van der Waals surface area contributed by atoms with Crippen molar-refractivity contribution in [2.24, 2.45) is 0 Å². The lowest BCUT2D eigenvalue weighted by Gasteiger charge is -2.24. The summed E-state index contributed by atoms with van der Waals surface area (Å²) in [7, 11) is 0. The fraction of sp³-hybridized carbons (Fsp3) is 0.917. The number of carbonyl (C=O) groups excluding carboxylic acids is 1. The number of hydrogen-bond donors (Lipinski definition) is 2. The predicted molar refractivity (Wildman–Crippen MR) is 64.4 cm³/mol. The van der Waals surface area contributed by atoms with E-state index in [4.69, 9.17) is 4.74 Å². The van der Waals surface area contributed by atoms with Crippen molar-refractivity contribution in [2.45, 2.75) is 51.7 Å². The van der Waals surface area contributed by atoms with Crippen LogP contribution in [0.3, 0.4) is 0 Å². The van der Waals surface area contributed by atoms with E-state index in [0.29, 0.717) is 12.6 Å². The van der Waals surface area contributed by atoms with Gasteiger partial charge in [0.15, 0.2) is 0 Å². The standard InChI is InChI=1S/C12H24N2O2/c1-12(2,3)16-11(15)9-13-8-10-6-4-5-7-14-10/h10,13-14H,4-9H2,1-3H3. The Balaban J connectivity index is 2.08. The molecule has 1 aliphatic heterocycles. The maximum atomic E-state index is 11.4. The number of esters is 1. The molecule has 2 N–H and O–H groups in total. The molecule has 4 heteroatoms. The largest absolute Gasteiger partial charge is 0.459 e. The van der Waals surface area contributed by atoms with Crippen molar-refractivity contribution in [3.05, 3.63) is 0 Å². The minimum Gasteiger partial charge on any atom is -0.459 e. The Morgan fingerprint density at radius 3 is 2.75 bits per heavy atom. The molecule has 0 radical (unpaired) electrons. The third-order valence-electron chi connectivity index (χ3n) is 2.49. The van der Waals surface area contributed by atoms with Gasteiger partial charge in [0.25, 0.3) is 0 Å². The molecule has 0 bridgehead atoms. The Morgan fingerprint density at radius 2 is 2.19 bits per heavy atom. The van der Waals surface area contributed by atoms with Gasteiger partial charge < -0.3 is 15.4 Å². The number of rotatable bonds is 4. The molecule has 4 nitrogen and oxygen atoms in total. The lowest BCUT2D eigenvalue weighted by molar-refractivity contribution is -0.153. The van der Waals surface area contributed by atoms with Crippen LogP contribution in [-0.2, 0) is 9.53 Å². The molecule has 1 heterocycles. The van der Waals surface area contributed by atoms with Gasteiger partial charge in [-0.2, -0.15) is 0 Å². The summed E-state index contributed by atoms with van der Waals surface area (Å²) in [6.07, 6.45) is 3.75. The van der Waals surface area contributed by atoms with Gasteiger partial charge in [-0.1, -0.05) is 6.42 Å². The van der Waals surface area contributed by atoms with Gasteiger partial charge in [-0.3, -0.25) is 4.79 Å². The molecule has 0 aromatic heterocycles. The van der Waals surface area contributed by atoms with Gasteiger partial charge >= 0.3 is 5.97 Å². The first-order chi connectivity index (χ1) is 7.47. The predicted octanol–water partition coefficient (Wildman–Crippen LogP) is 1.06. The summed E-state index contributed by atoms with van der Waals surface area (Å²) in [6, 6.07) is 0.510. The number of piperidine rings is 1. The van der Waals surface area contributed by atoms with E-state index in [2.05, 4.69) is 10.6 Å². The molecule has 0 aromatic carbocycles. The summed E-state index contributed by atoms with van der Waals surface area (Å²) in [5, 5.41) is 6.57. The Bertz CT molecular complexity index is 218. The summed E-state index contributed by atoms with van der Waals surface area (Å²) < 4.78 is 5.21. The second-order valence-electron chi connectivity index (χ2n) is 5.36. The summed E-state index contributed by atoms with van der Waals surface area (Å²) in [5.41, 5.74) is -0.387. The Kier molecular flexibility index (Phi) is 5.22. The van der Waals surface area contributed by atoms with Crippen molar-refractivity contribution in [3.8, 4) is 0 Å². The van der Waals surface area contributed by atoms with Crippen LogP contribution < -0.4 is 10.6 Å². The van der Waals surface area contributed by atoms with E-state index in [-0.39, 0.29) is 11.6 Å². The van der Waals surface area contributed by atoms with Crippen molar-refractivity contribution in [2.75, 3.05) is 19.6 Å². The normalized spacial score (nSPS) is 21.8. The van der Waals surface area contributed by atoms with Gasteiger partial charge in [0.1, 0.15) is 5.60 Å². The van der Waals surface area contributed by atoms with Gasteiger partial charge in [0.05, 0.1) is 6.54 Å². The minimum atomic E-state index is -0.387. The quantitative estimate of drug-likeness (QED) is 0.706. The maximum Gasteiger partial charge on any atom is 0.320 e. The monoisotopic (exact) mass is 228 g/mol. The van der Waals surface area contributed by atoms with Crippen LogP contribution in [0.2, 0.25) is 0 Å². The highest BCUT2D eigenvalue weighted by Gasteiger charge is 2.17. The molecule has 1 unspecified atom stereocenters. The lowest BCUT2D eigenvalue weighted by Crippen LogP contribution is -2.43. The molecule has 16 heavy (non-hydrogen) atoms. The van der Waals surface area contributed by atoms with Crippen LogP contribution in [0.15, 0.2) is 0 Å². The van der Waals surface area contributed by atoms with Crippen molar-refractivity contribution in [3.63, 3.8) is 0 Å². The van der Waals surface area contributed by atoms with E-state index in [1.807, 2.05) is 20.8 Å². The topological polar surface area (TPSA) is 50.4 Å². The fourth-order valence-electron chi connectivity index (χ4n) is 1.82. The minimum absolute atomic E-state index is 0.177. The van der Waals surface area contributed by atoms with E-state index >= 15 is 0 Å². The summed E-state index contributed by atoms with van der Waals surface area (Å²) in [6.45, 7) is 7.89. The second-order valence-corrected chi connectivity index (χ2v) is 5.36. The third-order valence-corrected chi connectivity index (χ3v) is 2.49. The fourth-order valence-corrected chi connectivity index (χ4v) is 1.82. The molecule has 1 aliphatic rings. The maximum absolute atomic E-state index is 11.4. The first kappa shape index (κ1) is 13.5. The molecule has 0 aliphatic carbocycles. The van der Waals surface area contributed by atoms with Crippen LogP contribution in [0.5, 0.6) is 0 Å². The third kappa shape index (κ3) is 6.08. The smallest absolute Gasteiger partial charge is 0.320 e. The van der Waals surface area contributed by atoms with Crippen molar-refractivity contribution < 1.29 is 9.53 Å². The summed E-state index contributed by atoms with van der Waals surface area (Å²) >= 11 is 0. The average molecular weight is 228 g/mol. The number of ether oxygens (including phenoxy) is 1. The van der Waals surface area contributed by atoms with E-state index in [0.717, 1.165) is 13.1 Å². The van der Waals surface area contributed by atoms with Crippen LogP contribution in [-0.4, -0.2) is 37.2 Å². The van der Waals surface area contributed by atoms with Gasteiger partial charge in [-0.05, 0) is 40.2 Å². The second kappa shape index (κ2) is 6.21. The zero-order valence-corrected chi connectivity index (χ0v) is 10.6. The Morgan fingerprint density at radius 1 is 1.44 bits per heavy atom. The highest BCUT2D eigenvalue weighted by atomic mass is 16.6. The molecule has 0 saturated carbocycles. The van der Waals surface area contributed by atoms with Crippen molar-refractivity contribution in [1.29, 1.82) is 0 Å². The highest BCUT2D eigenvalue weighted by Crippen LogP contribution is 2.07. The van der Waals surface area contributed by atoms with Gasteiger partial charge in [0.2, 0.25) is 0 Å². The molecule has 1 rings (SSSR count). The van der Waals surface area contributed by atoms with Crippen molar-refractivity contribution >= 4 is 5.97 Å². The molecular weight excluding hydrogens is 204 g/mol. The molecule has 1 atom stereocenters. The molecule has 0 amide bonds. The van der Waals surface area contributed by atoms with E-state index in [9.17, 15) is 4.79 Å². The van der Waals surface area contributed by atoms with Crippen LogP contribution >= 0.6 is 0 Å². The number of carbonyl (C=O) groups is 1. The molecule has 94 valence electrons. The highest BCUT2D eigenvalue weighted by molar-refractivity contribution is 5.72. The van der Waals surface area contributed by atoms with E-state index < -0.39 is 0 Å². The van der Waals surface area contributed by atoms with Crippen LogP contribution in [0, 0.1) is 0 Å². The summed E-state index contributed by atoms with van der Waals surface area (Å²) in [5.74, 6) is -0.177. The Labute approximate surface area is 98.1 Å². The Hall–Kier alpha value is -0.610. The average Bonchev–Trinajstić information content (AvgIpc) is 2.16. The molecule has 1 fully saturated rings. The van der Waals surface area contributed by atoms with E-state index in [1.165, 1.54) is 19.3 Å². The van der Waals surface area contributed by atoms with Crippen LogP contribution in [0.25, 0.3) is 0 Å². The van der Waals surface area contributed by atoms with Gasteiger partial charge in [-0.15, -0.1) is 0 Å². The zero-order chi connectivity index (χ0) is 12.0. The SMILES string of the molecule is CC(C)(C)OC(=O)CNCC1CCCCN1. The zero-order valence-electron chi connectivity index (χ0n) is 10.6. The molecule has 0 spiro atoms. The number of nitrogens with one attached hydrogen (secondary N) is 2. The first-order valence-electron chi connectivity index (χ1n) is 6.13. The lowest BCUT2D eigenvalue weighted by atomic mass is 10.1. The van der Waals surface area contributed by atoms with E-state index in [1.54, 1.807) is 0 Å². The van der Waals surface area contributed by atoms with Crippen LogP contribution in [0.1, 0.15) is 40.0 Å². The van der Waals surface area contributed by atoms with Gasteiger partial charge in [0, 0.05) is 12.6 Å². The first-order valence-corrected chi connectivity index (χ1v) is 6.13. The number of hydrogen-bond acceptors (Lipinski definition) is 4. The molecule has 0 aromatic rings. The van der Waals surface area contributed by atoms with Crippen LogP contribution in [0.4, 0.5) is 0 Å². The summed E-state index contributed by atoms with van der Waals surface area (Å²) in [4.78, 5) is 11.4. The molecular formula is C12H24N2O2. The van der Waals surface area contributed by atoms with Crippen molar-refractivity contribution in [1.82, 2.24) is 10.6 Å².